The molecule has 1 aromatic carbocycles. The third-order valence-corrected chi connectivity index (χ3v) is 2.88. The topological polar surface area (TPSA) is 75.8 Å². The van der Waals surface area contributed by atoms with Crippen LogP contribution in [0.5, 0.6) is 5.75 Å². The van der Waals surface area contributed by atoms with Crippen LogP contribution < -0.4 is 9.64 Å². The molecule has 0 radical (unpaired) electrons. The first-order valence-corrected chi connectivity index (χ1v) is 6.75. The van der Waals surface area contributed by atoms with Gasteiger partial charge in [-0.1, -0.05) is 6.92 Å². The van der Waals surface area contributed by atoms with Crippen molar-refractivity contribution in [1.29, 1.82) is 0 Å². The first-order valence-electron chi connectivity index (χ1n) is 6.75. The van der Waals surface area contributed by atoms with Crippen LogP contribution in [-0.2, 0) is 0 Å². The van der Waals surface area contributed by atoms with E-state index >= 15 is 0 Å². The second kappa shape index (κ2) is 7.69. The van der Waals surface area contributed by atoms with Gasteiger partial charge in [0.2, 0.25) is 0 Å². The van der Waals surface area contributed by atoms with Crippen LogP contribution in [0.25, 0.3) is 0 Å². The quantitative estimate of drug-likeness (QED) is 0.586. The molecule has 0 aliphatic carbocycles. The van der Waals surface area contributed by atoms with E-state index in [4.69, 9.17) is 4.74 Å². The van der Waals surface area contributed by atoms with Gasteiger partial charge in [0.15, 0.2) is 0 Å². The van der Waals surface area contributed by atoms with Gasteiger partial charge in [0.1, 0.15) is 5.75 Å². The third kappa shape index (κ3) is 5.05. The molecular formula is C14H22N2O4. The standard InChI is InChI=1S/C14H22N2O4/c1-4-7-20-14-9-12(8-13(10-14)16(18)19)15(3)6-5-11(2)17/h8-11,17H,4-7H2,1-3H3. The molecule has 0 bridgehead atoms. The summed E-state index contributed by atoms with van der Waals surface area (Å²) in [6, 6.07) is 4.73. The minimum absolute atomic E-state index is 0.0116. The van der Waals surface area contributed by atoms with Crippen molar-refractivity contribution in [3.05, 3.63) is 28.3 Å². The Labute approximate surface area is 119 Å². The van der Waals surface area contributed by atoms with Gasteiger partial charge in [-0.2, -0.15) is 0 Å². The summed E-state index contributed by atoms with van der Waals surface area (Å²) in [5.74, 6) is 0.500. The Balaban J connectivity index is 2.92. The summed E-state index contributed by atoms with van der Waals surface area (Å²) in [6.07, 6.45) is 1.05. The average Bonchev–Trinajstić information content (AvgIpc) is 2.41. The second-order valence-electron chi connectivity index (χ2n) is 4.85. The van der Waals surface area contributed by atoms with Gasteiger partial charge in [-0.15, -0.1) is 0 Å². The number of anilines is 1. The number of nitro benzene ring substituents is 1. The number of aliphatic hydroxyl groups excluding tert-OH is 1. The molecule has 0 heterocycles. The van der Waals surface area contributed by atoms with Crippen LogP contribution in [0.4, 0.5) is 11.4 Å². The molecule has 0 spiro atoms. The summed E-state index contributed by atoms with van der Waals surface area (Å²) in [7, 11) is 1.84. The molecule has 1 unspecified atom stereocenters. The number of non-ortho nitro benzene ring substituents is 1. The molecule has 0 fully saturated rings. The Kier molecular flexibility index (Phi) is 6.24. The zero-order valence-corrected chi connectivity index (χ0v) is 12.2. The smallest absolute Gasteiger partial charge is 0.275 e. The maximum atomic E-state index is 11.0. The van der Waals surface area contributed by atoms with Crippen molar-refractivity contribution in [2.75, 3.05) is 25.1 Å². The maximum Gasteiger partial charge on any atom is 0.275 e. The fourth-order valence-electron chi connectivity index (χ4n) is 1.71. The molecule has 0 saturated carbocycles. The Bertz CT molecular complexity index is 449. The minimum Gasteiger partial charge on any atom is -0.493 e. The van der Waals surface area contributed by atoms with E-state index in [0.717, 1.165) is 6.42 Å². The van der Waals surface area contributed by atoms with Gasteiger partial charge < -0.3 is 14.7 Å². The lowest BCUT2D eigenvalue weighted by Crippen LogP contribution is -2.21. The monoisotopic (exact) mass is 282 g/mol. The predicted molar refractivity (Wildman–Crippen MR) is 78.5 cm³/mol. The third-order valence-electron chi connectivity index (χ3n) is 2.88. The Morgan fingerprint density at radius 1 is 1.45 bits per heavy atom. The van der Waals surface area contributed by atoms with Gasteiger partial charge in [0, 0.05) is 31.4 Å². The molecular weight excluding hydrogens is 260 g/mol. The molecule has 1 N–H and O–H groups in total. The van der Waals surface area contributed by atoms with E-state index in [1.165, 1.54) is 12.1 Å². The molecule has 1 rings (SSSR count). The Morgan fingerprint density at radius 3 is 2.70 bits per heavy atom. The molecule has 1 aromatic rings. The van der Waals surface area contributed by atoms with Gasteiger partial charge in [-0.25, -0.2) is 0 Å². The van der Waals surface area contributed by atoms with Crippen molar-refractivity contribution < 1.29 is 14.8 Å². The van der Waals surface area contributed by atoms with E-state index < -0.39 is 11.0 Å². The molecule has 112 valence electrons. The second-order valence-corrected chi connectivity index (χ2v) is 4.85. The van der Waals surface area contributed by atoms with Gasteiger partial charge >= 0.3 is 0 Å². The van der Waals surface area contributed by atoms with Crippen LogP contribution >= 0.6 is 0 Å². The van der Waals surface area contributed by atoms with E-state index in [0.29, 0.717) is 31.0 Å². The fourth-order valence-corrected chi connectivity index (χ4v) is 1.71. The zero-order chi connectivity index (χ0) is 15.1. The van der Waals surface area contributed by atoms with E-state index in [2.05, 4.69) is 0 Å². The molecule has 0 aliphatic rings. The van der Waals surface area contributed by atoms with Crippen LogP contribution in [-0.4, -0.2) is 36.3 Å². The summed E-state index contributed by atoms with van der Waals surface area (Å²) in [6.45, 7) is 4.84. The lowest BCUT2D eigenvalue weighted by Gasteiger charge is -2.20. The van der Waals surface area contributed by atoms with Crippen LogP contribution in [0, 0.1) is 10.1 Å². The van der Waals surface area contributed by atoms with Gasteiger partial charge in [-0.05, 0) is 19.8 Å². The van der Waals surface area contributed by atoms with E-state index in [1.54, 1.807) is 13.0 Å². The molecule has 0 amide bonds. The number of aliphatic hydroxyl groups is 1. The zero-order valence-electron chi connectivity index (χ0n) is 12.2. The number of rotatable bonds is 8. The minimum atomic E-state index is -0.426. The number of benzene rings is 1. The molecule has 0 aromatic heterocycles. The van der Waals surface area contributed by atoms with Crippen molar-refractivity contribution in [2.45, 2.75) is 32.8 Å². The number of hydrogen-bond donors (Lipinski definition) is 1. The van der Waals surface area contributed by atoms with Crippen molar-refractivity contribution in [2.24, 2.45) is 0 Å². The van der Waals surface area contributed by atoms with Gasteiger partial charge in [0.25, 0.3) is 5.69 Å². The maximum absolute atomic E-state index is 11.0. The van der Waals surface area contributed by atoms with Crippen LogP contribution in [0.2, 0.25) is 0 Å². The molecule has 6 nitrogen and oxygen atoms in total. The summed E-state index contributed by atoms with van der Waals surface area (Å²) >= 11 is 0. The highest BCUT2D eigenvalue weighted by atomic mass is 16.6. The number of hydrogen-bond acceptors (Lipinski definition) is 5. The lowest BCUT2D eigenvalue weighted by molar-refractivity contribution is -0.384. The van der Waals surface area contributed by atoms with Crippen LogP contribution in [0.15, 0.2) is 18.2 Å². The first kappa shape index (κ1) is 16.2. The molecule has 6 heteroatoms. The van der Waals surface area contributed by atoms with Crippen molar-refractivity contribution in [1.82, 2.24) is 0 Å². The predicted octanol–water partition coefficient (Wildman–Crippen LogP) is 2.59. The average molecular weight is 282 g/mol. The highest BCUT2D eigenvalue weighted by Gasteiger charge is 2.13. The van der Waals surface area contributed by atoms with Crippen LogP contribution in [0.1, 0.15) is 26.7 Å². The van der Waals surface area contributed by atoms with Gasteiger partial charge in [0.05, 0.1) is 23.7 Å². The van der Waals surface area contributed by atoms with Crippen molar-refractivity contribution in [3.8, 4) is 5.75 Å². The largest absolute Gasteiger partial charge is 0.493 e. The Morgan fingerprint density at radius 2 is 2.15 bits per heavy atom. The van der Waals surface area contributed by atoms with E-state index in [1.807, 2.05) is 18.9 Å². The molecule has 20 heavy (non-hydrogen) atoms. The van der Waals surface area contributed by atoms with E-state index in [-0.39, 0.29) is 5.69 Å². The summed E-state index contributed by atoms with van der Waals surface area (Å²) < 4.78 is 5.48. The first-order chi connectivity index (χ1) is 9.43. The fraction of sp³-hybridized carbons (Fsp3) is 0.571. The lowest BCUT2D eigenvalue weighted by atomic mass is 10.2. The summed E-state index contributed by atoms with van der Waals surface area (Å²) in [5.41, 5.74) is 0.725. The molecule has 1 atom stereocenters. The van der Waals surface area contributed by atoms with Gasteiger partial charge in [-0.3, -0.25) is 10.1 Å². The Hall–Kier alpha value is -1.82. The highest BCUT2D eigenvalue weighted by molar-refractivity contribution is 5.57. The summed E-state index contributed by atoms with van der Waals surface area (Å²) in [4.78, 5) is 12.4. The van der Waals surface area contributed by atoms with E-state index in [9.17, 15) is 15.2 Å². The number of nitrogens with zero attached hydrogens (tertiary/aromatic N) is 2. The number of nitro groups is 1. The SMILES string of the molecule is CCCOc1cc(N(C)CCC(C)O)cc([N+](=O)[O-])c1. The molecule has 0 saturated heterocycles. The number of ether oxygens (including phenoxy) is 1. The normalized spacial score (nSPS) is 12.0. The summed E-state index contributed by atoms with van der Waals surface area (Å²) in [5, 5.41) is 20.3. The van der Waals surface area contributed by atoms with Crippen molar-refractivity contribution >= 4 is 11.4 Å². The highest BCUT2D eigenvalue weighted by Crippen LogP contribution is 2.28. The van der Waals surface area contributed by atoms with Crippen LogP contribution in [0.3, 0.4) is 0 Å². The van der Waals surface area contributed by atoms with Crippen molar-refractivity contribution in [3.63, 3.8) is 0 Å². The molecule has 0 aliphatic heterocycles.